The smallest absolute Gasteiger partial charge is 0.255 e. The number of methoxy groups -OCH3 is 1. The van der Waals surface area contributed by atoms with E-state index in [1.165, 1.54) is 22.8 Å². The largest absolute Gasteiger partial charge is 0.495 e. The van der Waals surface area contributed by atoms with Crippen LogP contribution in [-0.4, -0.2) is 16.2 Å². The first kappa shape index (κ1) is 21.8. The summed E-state index contributed by atoms with van der Waals surface area (Å²) >= 11 is 0. The van der Waals surface area contributed by atoms with E-state index in [0.29, 0.717) is 11.4 Å². The zero-order chi connectivity index (χ0) is 22.4. The molecule has 2 heterocycles. The van der Waals surface area contributed by atoms with Crippen molar-refractivity contribution in [2.45, 2.75) is 13.8 Å². The van der Waals surface area contributed by atoms with Crippen molar-refractivity contribution in [2.24, 2.45) is 0 Å². The number of aromatic nitrogens is 2. The standard InChI is InChI=1S/C13H13NO2.C12H10FNO/c1-10-7-8-13(15)14(9-10)11-5-3-4-6-12(11)16-2;1-9-5-6-12(15)14(8-9)11-4-2-3-10(13)7-11/h3-9H,1-2H3;2-8H,1H3. The van der Waals surface area contributed by atoms with Gasteiger partial charge in [0.15, 0.2) is 0 Å². The topological polar surface area (TPSA) is 53.2 Å². The van der Waals surface area contributed by atoms with Gasteiger partial charge in [0, 0.05) is 24.5 Å². The first-order chi connectivity index (χ1) is 14.9. The van der Waals surface area contributed by atoms with Gasteiger partial charge in [0.1, 0.15) is 11.6 Å². The minimum atomic E-state index is -0.346. The van der Waals surface area contributed by atoms with Gasteiger partial charge in [-0.1, -0.05) is 30.3 Å². The number of nitrogens with zero attached hydrogens (tertiary/aromatic N) is 2. The third kappa shape index (κ3) is 5.36. The summed E-state index contributed by atoms with van der Waals surface area (Å²) in [6.45, 7) is 3.83. The van der Waals surface area contributed by atoms with E-state index in [1.807, 2.05) is 38.1 Å². The first-order valence-electron chi connectivity index (χ1n) is 9.67. The number of rotatable bonds is 3. The maximum atomic E-state index is 13.0. The molecular formula is C25H23FN2O3. The molecule has 0 radical (unpaired) electrons. The van der Waals surface area contributed by atoms with E-state index in [0.717, 1.165) is 16.8 Å². The van der Waals surface area contributed by atoms with Crippen LogP contribution in [0.2, 0.25) is 0 Å². The number of ether oxygens (including phenoxy) is 1. The van der Waals surface area contributed by atoms with Crippen molar-refractivity contribution in [3.8, 4) is 17.1 Å². The van der Waals surface area contributed by atoms with Gasteiger partial charge in [-0.25, -0.2) is 4.39 Å². The van der Waals surface area contributed by atoms with Crippen LogP contribution in [0.3, 0.4) is 0 Å². The van der Waals surface area contributed by atoms with Gasteiger partial charge < -0.3 is 4.74 Å². The van der Waals surface area contributed by atoms with Crippen molar-refractivity contribution in [3.05, 3.63) is 123 Å². The van der Waals surface area contributed by atoms with Crippen LogP contribution in [0.25, 0.3) is 11.4 Å². The summed E-state index contributed by atoms with van der Waals surface area (Å²) in [6.07, 6.45) is 3.50. The Bertz CT molecular complexity index is 1310. The minimum Gasteiger partial charge on any atom is -0.495 e. The van der Waals surface area contributed by atoms with Crippen molar-refractivity contribution in [2.75, 3.05) is 7.11 Å². The monoisotopic (exact) mass is 418 g/mol. The van der Waals surface area contributed by atoms with Gasteiger partial charge in [0.2, 0.25) is 0 Å². The number of para-hydroxylation sites is 2. The number of hydrogen-bond donors (Lipinski definition) is 0. The summed E-state index contributed by atoms with van der Waals surface area (Å²) in [7, 11) is 1.60. The van der Waals surface area contributed by atoms with Crippen LogP contribution >= 0.6 is 0 Å². The van der Waals surface area contributed by atoms with Crippen LogP contribution in [0.1, 0.15) is 11.1 Å². The second-order valence-electron chi connectivity index (χ2n) is 6.98. The summed E-state index contributed by atoms with van der Waals surface area (Å²) in [4.78, 5) is 23.3. The summed E-state index contributed by atoms with van der Waals surface area (Å²) in [6, 6.07) is 20.0. The second kappa shape index (κ2) is 9.71. The second-order valence-corrected chi connectivity index (χ2v) is 6.98. The predicted octanol–water partition coefficient (Wildman–Crippen LogP) is 4.44. The van der Waals surface area contributed by atoms with E-state index in [-0.39, 0.29) is 16.9 Å². The molecule has 0 aliphatic heterocycles. The molecule has 0 N–H and O–H groups in total. The maximum absolute atomic E-state index is 13.0. The molecule has 0 unspecified atom stereocenters. The quantitative estimate of drug-likeness (QED) is 0.494. The van der Waals surface area contributed by atoms with Crippen molar-refractivity contribution in [3.63, 3.8) is 0 Å². The van der Waals surface area contributed by atoms with Crippen molar-refractivity contribution < 1.29 is 9.13 Å². The molecule has 4 aromatic rings. The van der Waals surface area contributed by atoms with Crippen molar-refractivity contribution in [1.29, 1.82) is 0 Å². The molecule has 5 nitrogen and oxygen atoms in total. The highest BCUT2D eigenvalue weighted by Gasteiger charge is 2.05. The fourth-order valence-electron chi connectivity index (χ4n) is 3.03. The lowest BCUT2D eigenvalue weighted by molar-refractivity contribution is 0.412. The Hall–Kier alpha value is -3.93. The molecule has 6 heteroatoms. The molecule has 0 aliphatic rings. The molecule has 2 aromatic heterocycles. The molecule has 0 atom stereocenters. The first-order valence-corrected chi connectivity index (χ1v) is 9.67. The van der Waals surface area contributed by atoms with Gasteiger partial charge in [0.05, 0.1) is 18.5 Å². The fourth-order valence-corrected chi connectivity index (χ4v) is 3.03. The molecule has 0 spiro atoms. The van der Waals surface area contributed by atoms with Gasteiger partial charge >= 0.3 is 0 Å². The number of halogens is 1. The molecule has 2 aromatic carbocycles. The molecule has 0 saturated heterocycles. The number of benzene rings is 2. The van der Waals surface area contributed by atoms with E-state index in [9.17, 15) is 14.0 Å². The van der Waals surface area contributed by atoms with E-state index in [2.05, 4.69) is 0 Å². The van der Waals surface area contributed by atoms with Gasteiger partial charge in [-0.15, -0.1) is 0 Å². The van der Waals surface area contributed by atoms with Gasteiger partial charge in [-0.3, -0.25) is 18.7 Å². The van der Waals surface area contributed by atoms with Crippen LogP contribution in [0.15, 0.2) is 94.8 Å². The highest BCUT2D eigenvalue weighted by molar-refractivity contribution is 5.46. The molecule has 31 heavy (non-hydrogen) atoms. The van der Waals surface area contributed by atoms with Gasteiger partial charge in [-0.05, 0) is 55.3 Å². The van der Waals surface area contributed by atoms with E-state index < -0.39 is 0 Å². The highest BCUT2D eigenvalue weighted by Crippen LogP contribution is 2.20. The lowest BCUT2D eigenvalue weighted by atomic mass is 10.2. The average Bonchev–Trinajstić information content (AvgIpc) is 2.77. The number of pyridine rings is 2. The molecule has 0 aliphatic carbocycles. The van der Waals surface area contributed by atoms with Crippen molar-refractivity contribution >= 4 is 0 Å². The van der Waals surface area contributed by atoms with Crippen LogP contribution in [0.5, 0.6) is 5.75 Å². The molecule has 0 amide bonds. The Morgan fingerprint density at radius 3 is 2.00 bits per heavy atom. The molecule has 4 rings (SSSR count). The van der Waals surface area contributed by atoms with E-state index in [1.54, 1.807) is 54.4 Å². The third-order valence-electron chi connectivity index (χ3n) is 4.55. The predicted molar refractivity (Wildman–Crippen MR) is 120 cm³/mol. The molecule has 0 saturated carbocycles. The third-order valence-corrected chi connectivity index (χ3v) is 4.55. The molecule has 0 bridgehead atoms. The lowest BCUT2D eigenvalue weighted by Crippen LogP contribution is -2.17. The Balaban J connectivity index is 0.000000176. The molecule has 0 fully saturated rings. The minimum absolute atomic E-state index is 0.0601. The zero-order valence-electron chi connectivity index (χ0n) is 17.6. The van der Waals surface area contributed by atoms with Crippen LogP contribution in [0.4, 0.5) is 4.39 Å². The van der Waals surface area contributed by atoms with E-state index >= 15 is 0 Å². The zero-order valence-corrected chi connectivity index (χ0v) is 17.6. The van der Waals surface area contributed by atoms with Crippen LogP contribution in [-0.2, 0) is 0 Å². The summed E-state index contributed by atoms with van der Waals surface area (Å²) in [5, 5.41) is 0. The Morgan fingerprint density at radius 1 is 0.742 bits per heavy atom. The Kier molecular flexibility index (Phi) is 6.82. The SMILES string of the molecule is COc1ccccc1-n1cc(C)ccc1=O.Cc1ccc(=O)n(-c2cccc(F)c2)c1. The maximum Gasteiger partial charge on any atom is 0.255 e. The fraction of sp³-hybridized carbons (Fsp3) is 0.120. The summed E-state index contributed by atoms with van der Waals surface area (Å²) in [5.41, 5.74) is 3.08. The van der Waals surface area contributed by atoms with Crippen LogP contribution < -0.4 is 15.9 Å². The summed E-state index contributed by atoms with van der Waals surface area (Å²) < 4.78 is 21.2. The number of aryl methyl sites for hydroxylation is 2. The Labute approximate surface area is 179 Å². The lowest BCUT2D eigenvalue weighted by Gasteiger charge is -2.10. The number of hydrogen-bond acceptors (Lipinski definition) is 3. The van der Waals surface area contributed by atoms with Gasteiger partial charge in [0.25, 0.3) is 11.1 Å². The van der Waals surface area contributed by atoms with Crippen molar-refractivity contribution in [1.82, 2.24) is 9.13 Å². The molecule has 158 valence electrons. The van der Waals surface area contributed by atoms with E-state index in [4.69, 9.17) is 4.74 Å². The summed E-state index contributed by atoms with van der Waals surface area (Å²) in [5.74, 6) is 0.344. The normalized spacial score (nSPS) is 10.2. The van der Waals surface area contributed by atoms with Gasteiger partial charge in [-0.2, -0.15) is 0 Å². The average molecular weight is 418 g/mol. The highest BCUT2D eigenvalue weighted by atomic mass is 19.1. The Morgan fingerprint density at radius 2 is 1.35 bits per heavy atom. The van der Waals surface area contributed by atoms with Crippen LogP contribution in [0, 0.1) is 19.7 Å². The molecular weight excluding hydrogens is 395 g/mol.